The summed E-state index contributed by atoms with van der Waals surface area (Å²) in [6, 6.07) is 11.8. The SMILES string of the molecule is COc1cc(C=CC(=O)Oc2c(OC3OC(C(=O)O)C(O)C(O)C3O)cc3oc(-c4ccc(O)cc4)cc(=O)c3c2O)ccc1O. The van der Waals surface area contributed by atoms with Gasteiger partial charge in [0, 0.05) is 23.8 Å². The van der Waals surface area contributed by atoms with Crippen molar-refractivity contribution in [2.45, 2.75) is 30.7 Å². The summed E-state index contributed by atoms with van der Waals surface area (Å²) in [5.41, 5.74) is -0.331. The van der Waals surface area contributed by atoms with Crippen LogP contribution in [0.4, 0.5) is 0 Å². The molecule has 5 rings (SSSR count). The molecular formula is C31H26O15. The Hall–Kier alpha value is -5.61. The minimum Gasteiger partial charge on any atom is -0.508 e. The molecule has 1 aromatic heterocycles. The van der Waals surface area contributed by atoms with Gasteiger partial charge in [0.2, 0.25) is 12.0 Å². The summed E-state index contributed by atoms with van der Waals surface area (Å²) in [4.78, 5) is 37.6. The monoisotopic (exact) mass is 638 g/mol. The van der Waals surface area contributed by atoms with Crippen LogP contribution >= 0.6 is 0 Å². The zero-order valence-electron chi connectivity index (χ0n) is 23.6. The number of benzene rings is 3. The van der Waals surface area contributed by atoms with Gasteiger partial charge in [0.25, 0.3) is 0 Å². The van der Waals surface area contributed by atoms with Gasteiger partial charge in [-0.1, -0.05) is 6.07 Å². The number of phenolic OH excluding ortho intramolecular Hbond substituents is 3. The van der Waals surface area contributed by atoms with Crippen LogP contribution in [-0.2, 0) is 14.3 Å². The van der Waals surface area contributed by atoms with Crippen molar-refractivity contribution in [3.63, 3.8) is 0 Å². The van der Waals surface area contributed by atoms with Crippen molar-refractivity contribution in [1.29, 1.82) is 0 Å². The number of phenols is 3. The lowest BCUT2D eigenvalue weighted by atomic mass is 9.99. The number of aliphatic hydroxyl groups is 3. The maximum atomic E-state index is 13.2. The molecular weight excluding hydrogens is 612 g/mol. The van der Waals surface area contributed by atoms with E-state index in [9.17, 15) is 50.1 Å². The van der Waals surface area contributed by atoms with Gasteiger partial charge in [0.05, 0.1) is 7.11 Å². The first-order chi connectivity index (χ1) is 21.9. The van der Waals surface area contributed by atoms with E-state index in [-0.39, 0.29) is 28.6 Å². The molecule has 0 spiro atoms. The number of rotatable bonds is 8. The lowest BCUT2D eigenvalue weighted by Crippen LogP contribution is -2.61. The Morgan fingerprint density at radius 1 is 0.891 bits per heavy atom. The van der Waals surface area contributed by atoms with Crippen molar-refractivity contribution >= 4 is 29.0 Å². The molecule has 0 aliphatic carbocycles. The molecule has 5 unspecified atom stereocenters. The Kier molecular flexibility index (Phi) is 8.84. The third-order valence-corrected chi connectivity index (χ3v) is 6.94. The molecule has 0 radical (unpaired) electrons. The second-order valence-electron chi connectivity index (χ2n) is 9.99. The number of hydrogen-bond donors (Lipinski definition) is 7. The van der Waals surface area contributed by atoms with E-state index in [4.69, 9.17) is 23.4 Å². The zero-order valence-corrected chi connectivity index (χ0v) is 23.6. The van der Waals surface area contributed by atoms with Gasteiger partial charge in [-0.05, 0) is 48.0 Å². The molecule has 1 aliphatic rings. The molecule has 1 aliphatic heterocycles. The van der Waals surface area contributed by atoms with Crippen molar-refractivity contribution in [2.75, 3.05) is 7.11 Å². The van der Waals surface area contributed by atoms with Crippen LogP contribution in [-0.4, -0.2) is 85.5 Å². The van der Waals surface area contributed by atoms with Crippen LogP contribution in [0, 0.1) is 0 Å². The number of carboxylic acids is 1. The van der Waals surface area contributed by atoms with E-state index in [2.05, 4.69) is 0 Å². The van der Waals surface area contributed by atoms with Gasteiger partial charge < -0.3 is 59.1 Å². The van der Waals surface area contributed by atoms with E-state index < -0.39 is 70.7 Å². The number of methoxy groups -OCH3 is 1. The van der Waals surface area contributed by atoms with Crippen LogP contribution in [0.3, 0.4) is 0 Å². The van der Waals surface area contributed by atoms with E-state index in [1.807, 2.05) is 0 Å². The fourth-order valence-electron chi connectivity index (χ4n) is 4.59. The molecule has 1 saturated heterocycles. The first-order valence-corrected chi connectivity index (χ1v) is 13.4. The summed E-state index contributed by atoms with van der Waals surface area (Å²) in [6.07, 6.45) is -7.96. The number of fused-ring (bicyclic) bond motifs is 1. The zero-order chi connectivity index (χ0) is 33.3. The Labute approximate surface area is 257 Å². The van der Waals surface area contributed by atoms with Crippen LogP contribution in [0.5, 0.6) is 34.5 Å². The maximum Gasteiger partial charge on any atom is 0.336 e. The highest BCUT2D eigenvalue weighted by Crippen LogP contribution is 2.44. The number of aliphatic carboxylic acids is 1. The highest BCUT2D eigenvalue weighted by atomic mass is 16.7. The first-order valence-electron chi connectivity index (χ1n) is 13.4. The van der Waals surface area contributed by atoms with Crippen LogP contribution < -0.4 is 19.6 Å². The number of carbonyl (C=O) groups excluding carboxylic acids is 1. The fraction of sp³-hybridized carbons (Fsp3) is 0.194. The Morgan fingerprint density at radius 2 is 1.61 bits per heavy atom. The summed E-state index contributed by atoms with van der Waals surface area (Å²) in [6.45, 7) is 0. The molecule has 4 aromatic rings. The van der Waals surface area contributed by atoms with Gasteiger partial charge >= 0.3 is 11.9 Å². The molecule has 0 saturated carbocycles. The summed E-state index contributed by atoms with van der Waals surface area (Å²) in [7, 11) is 1.33. The third kappa shape index (κ3) is 6.29. The average Bonchev–Trinajstić information content (AvgIpc) is 3.02. The lowest BCUT2D eigenvalue weighted by Gasteiger charge is -2.38. The summed E-state index contributed by atoms with van der Waals surface area (Å²) >= 11 is 0. The van der Waals surface area contributed by atoms with Crippen molar-refractivity contribution < 1.29 is 68.7 Å². The van der Waals surface area contributed by atoms with Gasteiger partial charge in [-0.2, -0.15) is 0 Å². The van der Waals surface area contributed by atoms with Crippen molar-refractivity contribution in [3.8, 4) is 45.8 Å². The number of ether oxygens (including phenoxy) is 4. The fourth-order valence-corrected chi connectivity index (χ4v) is 4.59. The summed E-state index contributed by atoms with van der Waals surface area (Å²) < 4.78 is 26.9. The normalized spacial score (nSPS) is 21.3. The molecule has 0 bridgehead atoms. The molecule has 15 heteroatoms. The van der Waals surface area contributed by atoms with Gasteiger partial charge in [0.1, 0.15) is 40.8 Å². The summed E-state index contributed by atoms with van der Waals surface area (Å²) in [5.74, 6) is -5.18. The van der Waals surface area contributed by atoms with Gasteiger partial charge in [-0.15, -0.1) is 0 Å². The topological polar surface area (TPSA) is 243 Å². The van der Waals surface area contributed by atoms with Crippen LogP contribution in [0.2, 0.25) is 0 Å². The van der Waals surface area contributed by atoms with Gasteiger partial charge in [-0.3, -0.25) is 4.79 Å². The molecule has 3 aromatic carbocycles. The molecule has 15 nitrogen and oxygen atoms in total. The summed E-state index contributed by atoms with van der Waals surface area (Å²) in [5, 5.41) is 70.3. The second-order valence-corrected chi connectivity index (χ2v) is 9.99. The molecule has 1 fully saturated rings. The van der Waals surface area contributed by atoms with E-state index in [0.29, 0.717) is 11.1 Å². The minimum atomic E-state index is -2.05. The molecule has 46 heavy (non-hydrogen) atoms. The standard InChI is InChI=1S/C31H26O15/c1-42-19-10-13(2-8-16(19)33)3-9-22(35)45-28-21(44-31-27(39)25(37)26(38)29(46-31)30(40)41)12-20-23(24(28)36)17(34)11-18(43-20)14-4-6-15(32)7-5-14/h2-12,25-27,29,31-33,36-39H,1H3,(H,40,41). The Morgan fingerprint density at radius 3 is 2.28 bits per heavy atom. The Balaban J connectivity index is 1.58. The highest BCUT2D eigenvalue weighted by Gasteiger charge is 2.48. The largest absolute Gasteiger partial charge is 0.508 e. The predicted octanol–water partition coefficient (Wildman–Crippen LogP) is 1.48. The molecule has 240 valence electrons. The third-order valence-electron chi connectivity index (χ3n) is 6.94. The molecule has 0 amide bonds. The smallest absolute Gasteiger partial charge is 0.336 e. The number of aliphatic hydroxyl groups excluding tert-OH is 3. The minimum absolute atomic E-state index is 0.00158. The van der Waals surface area contributed by atoms with Crippen LogP contribution in [0.1, 0.15) is 5.56 Å². The molecule has 2 heterocycles. The number of hydrogen-bond acceptors (Lipinski definition) is 14. The predicted molar refractivity (Wildman–Crippen MR) is 156 cm³/mol. The van der Waals surface area contributed by atoms with Crippen LogP contribution in [0.15, 0.2) is 69.9 Å². The Bertz CT molecular complexity index is 1880. The number of esters is 1. The first kappa shape index (κ1) is 31.8. The lowest BCUT2D eigenvalue weighted by molar-refractivity contribution is -0.271. The van der Waals surface area contributed by atoms with E-state index in [0.717, 1.165) is 18.2 Å². The maximum absolute atomic E-state index is 13.2. The number of carboxylic acid groups (broad SMARTS) is 1. The second kappa shape index (κ2) is 12.8. The van der Waals surface area contributed by atoms with E-state index in [1.54, 1.807) is 0 Å². The molecule has 5 atom stereocenters. The van der Waals surface area contributed by atoms with Gasteiger partial charge in [-0.25, -0.2) is 9.59 Å². The van der Waals surface area contributed by atoms with Crippen molar-refractivity contribution in [1.82, 2.24) is 0 Å². The number of aromatic hydroxyl groups is 3. The van der Waals surface area contributed by atoms with Crippen molar-refractivity contribution in [2.24, 2.45) is 0 Å². The quantitative estimate of drug-likeness (QED) is 0.0821. The highest BCUT2D eigenvalue weighted by molar-refractivity contribution is 5.94. The van der Waals surface area contributed by atoms with Gasteiger partial charge in [0.15, 0.2) is 34.5 Å². The van der Waals surface area contributed by atoms with Crippen molar-refractivity contribution in [3.05, 3.63) is 76.5 Å². The van der Waals surface area contributed by atoms with Crippen LogP contribution in [0.25, 0.3) is 28.4 Å². The van der Waals surface area contributed by atoms with E-state index in [1.165, 1.54) is 55.7 Å². The average molecular weight is 639 g/mol. The number of carbonyl (C=O) groups is 2. The molecule has 7 N–H and O–H groups in total. The van der Waals surface area contributed by atoms with E-state index >= 15 is 0 Å².